The predicted molar refractivity (Wildman–Crippen MR) is 125 cm³/mol. The van der Waals surface area contributed by atoms with Gasteiger partial charge >= 0.3 is 0 Å². The zero-order valence-corrected chi connectivity index (χ0v) is 17.8. The number of carbonyl (C=O) groups is 3. The van der Waals surface area contributed by atoms with Crippen LogP contribution >= 0.6 is 0 Å². The molecule has 0 spiro atoms. The molecule has 2 saturated heterocycles. The van der Waals surface area contributed by atoms with Crippen LogP contribution in [0, 0.1) is 0 Å². The molecular formula is C26H25N3O3. The monoisotopic (exact) mass is 427 g/mol. The quantitative estimate of drug-likeness (QED) is 0.630. The van der Waals surface area contributed by atoms with Gasteiger partial charge in [0.1, 0.15) is 6.04 Å². The summed E-state index contributed by atoms with van der Waals surface area (Å²) in [5, 5.41) is 4.34. The van der Waals surface area contributed by atoms with Gasteiger partial charge in [0.15, 0.2) is 0 Å². The van der Waals surface area contributed by atoms with Crippen LogP contribution in [0.1, 0.15) is 36.0 Å². The second-order valence-electron chi connectivity index (χ2n) is 8.32. The van der Waals surface area contributed by atoms with Gasteiger partial charge in [-0.25, -0.2) is 0 Å². The Kier molecular flexibility index (Phi) is 5.35. The van der Waals surface area contributed by atoms with E-state index in [1.165, 1.54) is 12.8 Å². The summed E-state index contributed by atoms with van der Waals surface area (Å²) in [7, 11) is 0. The number of nitrogens with one attached hydrogen (secondary N) is 1. The molecule has 6 rings (SSSR count). The lowest BCUT2D eigenvalue weighted by molar-refractivity contribution is -0.134. The van der Waals surface area contributed by atoms with Gasteiger partial charge in [-0.05, 0) is 37.5 Å². The number of nitrogens with zero attached hydrogens (tertiary/aromatic N) is 2. The smallest absolute Gasteiger partial charge is 0.259 e. The zero-order valence-electron chi connectivity index (χ0n) is 17.8. The average molecular weight is 428 g/mol. The van der Waals surface area contributed by atoms with Crippen LogP contribution in [0.4, 0.5) is 11.4 Å². The van der Waals surface area contributed by atoms with Gasteiger partial charge in [0.05, 0.1) is 11.3 Å². The van der Waals surface area contributed by atoms with Crippen molar-refractivity contribution in [3.63, 3.8) is 0 Å². The molecule has 2 fully saturated rings. The molecule has 1 atom stereocenters. The molecule has 32 heavy (non-hydrogen) atoms. The molecular weight excluding hydrogens is 402 g/mol. The van der Waals surface area contributed by atoms with Crippen molar-refractivity contribution in [3.8, 4) is 0 Å². The third-order valence-corrected chi connectivity index (χ3v) is 6.34. The molecule has 162 valence electrons. The van der Waals surface area contributed by atoms with E-state index in [1.54, 1.807) is 4.90 Å². The number of hydrogen-bond donors (Lipinski definition) is 1. The van der Waals surface area contributed by atoms with Crippen molar-refractivity contribution in [2.24, 2.45) is 0 Å². The van der Waals surface area contributed by atoms with E-state index >= 15 is 0 Å². The van der Waals surface area contributed by atoms with Gasteiger partial charge in [-0.3, -0.25) is 24.6 Å². The minimum atomic E-state index is -0.631. The van der Waals surface area contributed by atoms with Gasteiger partial charge in [0.25, 0.3) is 5.91 Å². The van der Waals surface area contributed by atoms with E-state index in [-0.39, 0.29) is 24.1 Å². The SMILES string of the molecule is O=C1CCC(N2C(=O)c3ccc(N4CCCC4)c4cccc2c34)C(=O)N1.c1ccccc1. The van der Waals surface area contributed by atoms with Crippen molar-refractivity contribution in [3.05, 3.63) is 72.3 Å². The third-order valence-electron chi connectivity index (χ3n) is 6.34. The fourth-order valence-electron chi connectivity index (χ4n) is 4.85. The van der Waals surface area contributed by atoms with E-state index in [9.17, 15) is 14.4 Å². The minimum Gasteiger partial charge on any atom is -0.371 e. The molecule has 0 bridgehead atoms. The van der Waals surface area contributed by atoms with E-state index in [0.29, 0.717) is 12.0 Å². The van der Waals surface area contributed by atoms with Crippen LogP contribution in [0.3, 0.4) is 0 Å². The van der Waals surface area contributed by atoms with Crippen LogP contribution < -0.4 is 15.1 Å². The first-order valence-electron chi connectivity index (χ1n) is 11.1. The molecule has 3 heterocycles. The molecule has 3 aromatic rings. The maximum Gasteiger partial charge on any atom is 0.259 e. The van der Waals surface area contributed by atoms with Crippen molar-refractivity contribution in [1.29, 1.82) is 0 Å². The predicted octanol–water partition coefficient (Wildman–Crippen LogP) is 3.89. The highest BCUT2D eigenvalue weighted by molar-refractivity contribution is 6.28. The summed E-state index contributed by atoms with van der Waals surface area (Å²) in [4.78, 5) is 40.8. The Morgan fingerprint density at radius 3 is 2.12 bits per heavy atom. The van der Waals surface area contributed by atoms with Crippen LogP contribution in [-0.4, -0.2) is 36.9 Å². The van der Waals surface area contributed by atoms with Gasteiger partial charge in [0.2, 0.25) is 11.8 Å². The molecule has 3 aliphatic heterocycles. The molecule has 6 nitrogen and oxygen atoms in total. The zero-order chi connectivity index (χ0) is 22.1. The first-order valence-corrected chi connectivity index (χ1v) is 11.1. The molecule has 0 aliphatic carbocycles. The topological polar surface area (TPSA) is 69.7 Å². The number of carbonyl (C=O) groups excluding carboxylic acids is 3. The second-order valence-corrected chi connectivity index (χ2v) is 8.32. The summed E-state index contributed by atoms with van der Waals surface area (Å²) in [6.07, 6.45) is 2.99. The number of benzene rings is 3. The van der Waals surface area contributed by atoms with E-state index in [4.69, 9.17) is 0 Å². The maximum absolute atomic E-state index is 13.1. The lowest BCUT2D eigenvalue weighted by Crippen LogP contribution is -2.53. The second kappa shape index (κ2) is 8.46. The molecule has 0 aromatic heterocycles. The highest BCUT2D eigenvalue weighted by Crippen LogP contribution is 2.43. The number of anilines is 2. The summed E-state index contributed by atoms with van der Waals surface area (Å²) >= 11 is 0. The molecule has 3 aromatic carbocycles. The molecule has 3 amide bonds. The highest BCUT2D eigenvalue weighted by atomic mass is 16.2. The average Bonchev–Trinajstić information content (AvgIpc) is 3.45. The lowest BCUT2D eigenvalue weighted by Gasteiger charge is -2.30. The van der Waals surface area contributed by atoms with Gasteiger partial charge in [0, 0.05) is 36.0 Å². The molecule has 0 saturated carbocycles. The fourth-order valence-corrected chi connectivity index (χ4v) is 4.85. The van der Waals surface area contributed by atoms with Crippen LogP contribution in [-0.2, 0) is 9.59 Å². The maximum atomic E-state index is 13.1. The summed E-state index contributed by atoms with van der Waals surface area (Å²) in [5.74, 6) is -0.817. The Morgan fingerprint density at radius 2 is 1.47 bits per heavy atom. The van der Waals surface area contributed by atoms with Gasteiger partial charge < -0.3 is 4.90 Å². The summed E-state index contributed by atoms with van der Waals surface area (Å²) < 4.78 is 0. The third kappa shape index (κ3) is 3.51. The summed E-state index contributed by atoms with van der Waals surface area (Å²) in [6, 6.07) is 21.2. The number of hydrogen-bond acceptors (Lipinski definition) is 4. The summed E-state index contributed by atoms with van der Waals surface area (Å²) in [5.41, 5.74) is 2.57. The van der Waals surface area contributed by atoms with Crippen LogP contribution in [0.25, 0.3) is 10.8 Å². The standard InChI is InChI=1S/C20H19N3O3.C6H6/c24-17-9-8-16(19(25)21-17)23-15-5-3-4-12-14(22-10-1-2-11-22)7-6-13(18(12)15)20(23)26;1-2-4-6-5-3-1/h3-7,16H,1-2,8-11H2,(H,21,24,25);1-6H. The first kappa shape index (κ1) is 20.2. The number of rotatable bonds is 2. The van der Waals surface area contributed by atoms with E-state index in [2.05, 4.69) is 16.3 Å². The highest BCUT2D eigenvalue weighted by Gasteiger charge is 2.41. The van der Waals surface area contributed by atoms with Crippen molar-refractivity contribution < 1.29 is 14.4 Å². The molecule has 1 N–H and O–H groups in total. The first-order chi connectivity index (χ1) is 15.6. The normalized spacial score (nSPS) is 19.8. The number of piperidine rings is 1. The summed E-state index contributed by atoms with van der Waals surface area (Å²) in [6.45, 7) is 2.06. The van der Waals surface area contributed by atoms with Crippen LogP contribution in [0.2, 0.25) is 0 Å². The van der Waals surface area contributed by atoms with Gasteiger partial charge in [-0.2, -0.15) is 0 Å². The van der Waals surface area contributed by atoms with Crippen molar-refractivity contribution >= 4 is 39.9 Å². The van der Waals surface area contributed by atoms with Crippen LogP contribution in [0.5, 0.6) is 0 Å². The van der Waals surface area contributed by atoms with E-state index in [1.807, 2.05) is 60.7 Å². The largest absolute Gasteiger partial charge is 0.371 e. The Morgan fingerprint density at radius 1 is 0.781 bits per heavy atom. The molecule has 1 unspecified atom stereocenters. The fraction of sp³-hybridized carbons (Fsp3) is 0.269. The molecule has 0 radical (unpaired) electrons. The van der Waals surface area contributed by atoms with Gasteiger partial charge in [-0.15, -0.1) is 0 Å². The molecule has 6 heteroatoms. The Balaban J connectivity index is 0.000000314. The van der Waals surface area contributed by atoms with Crippen LogP contribution in [0.15, 0.2) is 66.7 Å². The number of amides is 3. The Hall–Kier alpha value is -3.67. The van der Waals surface area contributed by atoms with E-state index in [0.717, 1.165) is 35.2 Å². The lowest BCUT2D eigenvalue weighted by atomic mass is 10.0. The molecule has 3 aliphatic rings. The van der Waals surface area contributed by atoms with E-state index < -0.39 is 6.04 Å². The van der Waals surface area contributed by atoms with Crippen molar-refractivity contribution in [2.75, 3.05) is 22.9 Å². The van der Waals surface area contributed by atoms with Crippen molar-refractivity contribution in [1.82, 2.24) is 5.32 Å². The Labute approximate surface area is 186 Å². The number of imide groups is 1. The van der Waals surface area contributed by atoms with Gasteiger partial charge in [-0.1, -0.05) is 48.5 Å². The Bertz CT molecular complexity index is 1160. The van der Waals surface area contributed by atoms with Crippen molar-refractivity contribution in [2.45, 2.75) is 31.7 Å². The minimum absolute atomic E-state index is 0.154.